The van der Waals surface area contributed by atoms with Gasteiger partial charge in [0.2, 0.25) is 0 Å². The van der Waals surface area contributed by atoms with Crippen molar-refractivity contribution in [2.75, 3.05) is 31.8 Å². The number of fused-ring (bicyclic) bond motifs is 1. The number of carbonyl (C=O) groups excluding carboxylic acids is 4. The average Bonchev–Trinajstić information content (AvgIpc) is 3.73. The Bertz CT molecular complexity index is 2360. The monoisotopic (exact) mass is 859 g/mol. The molecule has 3 unspecified atom stereocenters. The van der Waals surface area contributed by atoms with E-state index in [0.29, 0.717) is 21.4 Å². The third-order valence-electron chi connectivity index (χ3n) is 10.2. The molecule has 3 aliphatic heterocycles. The Kier molecular flexibility index (Phi) is 12.5. The molecular weight excluding hydrogens is 813 g/mol. The van der Waals surface area contributed by atoms with Gasteiger partial charge in [0.1, 0.15) is 48.4 Å². The second kappa shape index (κ2) is 17.7. The van der Waals surface area contributed by atoms with Gasteiger partial charge in [0.25, 0.3) is 11.8 Å². The van der Waals surface area contributed by atoms with Gasteiger partial charge in [-0.05, 0) is 56.5 Å². The minimum Gasteiger partial charge on any atom is -0.455 e. The highest BCUT2D eigenvalue weighted by atomic mass is 32.2. The van der Waals surface area contributed by atoms with E-state index in [9.17, 15) is 19.2 Å². The van der Waals surface area contributed by atoms with Gasteiger partial charge in [-0.1, -0.05) is 102 Å². The van der Waals surface area contributed by atoms with Crippen LogP contribution in [0.1, 0.15) is 50.1 Å². The molecular formula is C46H47N6O7S2+. The third-order valence-corrected chi connectivity index (χ3v) is 12.2. The third kappa shape index (κ3) is 8.67. The number of ether oxygens (including phenoxy) is 2. The minimum atomic E-state index is -0.990. The van der Waals surface area contributed by atoms with Crippen molar-refractivity contribution in [3.05, 3.63) is 166 Å². The number of carbonyl (C=O) groups is 4. The SMILES string of the molecule is C/C=C/OC(=O)[N+]1(C)C=CC=C(C2=C(C(=O)OC(C)(C)C)N3C(=O)C(NC(=O)/C(=N\OC)c4csc(NC(c5ccccc5)(c5ccccc5)c5ccccc5)n4)C3CS2)C1. The lowest BCUT2D eigenvalue weighted by molar-refractivity contribution is -0.779. The maximum atomic E-state index is 14.1. The highest BCUT2D eigenvalue weighted by Gasteiger charge is 2.55. The van der Waals surface area contributed by atoms with Gasteiger partial charge in [-0.3, -0.25) is 14.5 Å². The maximum absolute atomic E-state index is 14.1. The Morgan fingerprint density at radius 1 is 0.951 bits per heavy atom. The Balaban J connectivity index is 1.16. The van der Waals surface area contributed by atoms with Gasteiger partial charge in [0, 0.05) is 21.6 Å². The Labute approximate surface area is 363 Å². The molecule has 0 spiro atoms. The summed E-state index contributed by atoms with van der Waals surface area (Å²) in [4.78, 5) is 67.1. The number of anilines is 1. The summed E-state index contributed by atoms with van der Waals surface area (Å²) < 4.78 is 10.9. The van der Waals surface area contributed by atoms with Crippen molar-refractivity contribution in [1.82, 2.24) is 15.2 Å². The van der Waals surface area contributed by atoms with Crippen LogP contribution in [0, 0.1) is 0 Å². The van der Waals surface area contributed by atoms with Gasteiger partial charge in [0.15, 0.2) is 10.8 Å². The summed E-state index contributed by atoms with van der Waals surface area (Å²) in [6.45, 7) is 7.14. The summed E-state index contributed by atoms with van der Waals surface area (Å²) in [7, 11) is 3.03. The highest BCUT2D eigenvalue weighted by molar-refractivity contribution is 8.03. The number of hydrogen-bond acceptors (Lipinski definition) is 12. The minimum absolute atomic E-state index is 0.0568. The number of thiazole rings is 1. The summed E-state index contributed by atoms with van der Waals surface area (Å²) in [6, 6.07) is 28.6. The predicted octanol–water partition coefficient (Wildman–Crippen LogP) is 7.46. The molecule has 4 heterocycles. The first-order chi connectivity index (χ1) is 29.3. The van der Waals surface area contributed by atoms with Crippen molar-refractivity contribution in [2.45, 2.75) is 50.9 Å². The number of amides is 3. The van der Waals surface area contributed by atoms with E-state index >= 15 is 0 Å². The number of hydrogen-bond donors (Lipinski definition) is 2. The topological polar surface area (TPSA) is 149 Å². The van der Waals surface area contributed by atoms with Crippen LogP contribution in [0.2, 0.25) is 0 Å². The molecule has 0 saturated carbocycles. The number of thioether (sulfide) groups is 1. The van der Waals surface area contributed by atoms with Crippen LogP contribution in [0.15, 0.2) is 148 Å². The summed E-state index contributed by atoms with van der Waals surface area (Å²) in [6.07, 6.45) is 7.66. The molecule has 1 saturated heterocycles. The van der Waals surface area contributed by atoms with Crippen molar-refractivity contribution in [2.24, 2.45) is 5.16 Å². The van der Waals surface area contributed by atoms with Crippen molar-refractivity contribution in [1.29, 1.82) is 0 Å². The summed E-state index contributed by atoms with van der Waals surface area (Å²) >= 11 is 2.66. The first-order valence-electron chi connectivity index (χ1n) is 19.6. The Morgan fingerprint density at radius 2 is 1.56 bits per heavy atom. The number of aromatic nitrogens is 1. The van der Waals surface area contributed by atoms with Gasteiger partial charge in [0.05, 0.1) is 19.4 Å². The molecule has 7 rings (SSSR count). The number of benzene rings is 3. The van der Waals surface area contributed by atoms with Crippen LogP contribution in [-0.4, -0.2) is 88.1 Å². The van der Waals surface area contributed by atoms with Gasteiger partial charge < -0.3 is 24.9 Å². The normalized spacial score (nSPS) is 20.4. The van der Waals surface area contributed by atoms with Crippen molar-refractivity contribution in [3.8, 4) is 0 Å². The number of quaternary nitrogens is 1. The van der Waals surface area contributed by atoms with Crippen LogP contribution in [0.5, 0.6) is 0 Å². The summed E-state index contributed by atoms with van der Waals surface area (Å²) in [5.41, 5.74) is 2.02. The number of rotatable bonds is 12. The summed E-state index contributed by atoms with van der Waals surface area (Å²) in [5.74, 6) is -1.53. The summed E-state index contributed by atoms with van der Waals surface area (Å²) in [5, 5.41) is 12.9. The first-order valence-corrected chi connectivity index (χ1v) is 21.5. The molecule has 0 radical (unpaired) electrons. The smallest absolute Gasteiger partial charge is 0.455 e. The molecule has 3 aliphatic rings. The van der Waals surface area contributed by atoms with E-state index in [1.807, 2.05) is 60.7 Å². The molecule has 1 aromatic heterocycles. The van der Waals surface area contributed by atoms with Crippen molar-refractivity contribution in [3.63, 3.8) is 0 Å². The number of β-lactam (4-membered cyclic amide) rings is 1. The van der Waals surface area contributed by atoms with Crippen LogP contribution < -0.4 is 10.6 Å². The molecule has 4 aromatic rings. The number of likely N-dealkylation sites (N-methyl/N-ethyl adjacent to an activating group) is 1. The maximum Gasteiger partial charge on any atom is 0.525 e. The predicted molar refractivity (Wildman–Crippen MR) is 236 cm³/mol. The molecule has 3 aromatic carbocycles. The van der Waals surface area contributed by atoms with Crippen molar-refractivity contribution < 1.29 is 38.0 Å². The lowest BCUT2D eigenvalue weighted by atomic mass is 9.77. The number of esters is 1. The fourth-order valence-electron chi connectivity index (χ4n) is 7.47. The second-order valence-electron chi connectivity index (χ2n) is 15.7. The van der Waals surface area contributed by atoms with Gasteiger partial charge in [-0.2, -0.15) is 9.28 Å². The number of nitrogens with one attached hydrogen (secondary N) is 2. The Morgan fingerprint density at radius 3 is 2.11 bits per heavy atom. The van der Waals surface area contributed by atoms with Crippen LogP contribution in [-0.2, 0) is 34.2 Å². The second-order valence-corrected chi connectivity index (χ2v) is 17.6. The molecule has 13 nitrogen and oxygen atoms in total. The fraction of sp³-hybridized carbons (Fsp3) is 0.261. The molecule has 15 heteroatoms. The first kappa shape index (κ1) is 42.8. The van der Waals surface area contributed by atoms with Gasteiger partial charge >= 0.3 is 12.1 Å². The molecule has 2 N–H and O–H groups in total. The lowest BCUT2D eigenvalue weighted by Gasteiger charge is -2.50. The molecule has 3 atom stereocenters. The van der Waals surface area contributed by atoms with E-state index in [-0.39, 0.29) is 28.1 Å². The van der Waals surface area contributed by atoms with E-state index in [0.717, 1.165) is 16.7 Å². The zero-order valence-electron chi connectivity index (χ0n) is 34.7. The quantitative estimate of drug-likeness (QED) is 0.0280. The van der Waals surface area contributed by atoms with E-state index < -0.39 is 47.1 Å². The fourth-order valence-corrected chi connectivity index (χ4v) is 9.54. The van der Waals surface area contributed by atoms with E-state index in [4.69, 9.17) is 19.3 Å². The van der Waals surface area contributed by atoms with Crippen LogP contribution in [0.3, 0.4) is 0 Å². The zero-order chi connectivity index (χ0) is 43.4. The molecule has 61 heavy (non-hydrogen) atoms. The number of oxime groups is 1. The van der Waals surface area contributed by atoms with Crippen LogP contribution >= 0.6 is 23.1 Å². The molecule has 314 valence electrons. The van der Waals surface area contributed by atoms with Gasteiger partial charge in [-0.25, -0.2) is 9.78 Å². The number of nitrogens with zero attached hydrogens (tertiary/aromatic N) is 4. The number of allylic oxidation sites excluding steroid dienone is 3. The Hall–Kier alpha value is -6.29. The van der Waals surface area contributed by atoms with E-state index in [1.165, 1.54) is 41.4 Å². The standard InChI is InChI=1S/C46H46N6O7S2/c1-7-26-58-44(56)52(5)25-17-18-30(27-52)39-38(42(55)59-45(2,3)4)51-35(29-60-39)37(41(51)54)48-40(53)36(50-57-6)34-28-61-43(47-34)49-46(31-19-11-8-12-20-31,32-21-13-9-14-22-32)33-23-15-10-16-24-33/h7-26,28,35,37H,27,29H2,1-6H3,(H-,47,48,49,53)/p+1/b26-7+,50-36-. The van der Waals surface area contributed by atoms with Crippen molar-refractivity contribution >= 4 is 57.8 Å². The van der Waals surface area contributed by atoms with Gasteiger partial charge in [-0.15, -0.1) is 23.1 Å². The highest BCUT2D eigenvalue weighted by Crippen LogP contribution is 2.44. The van der Waals surface area contributed by atoms with Crippen LogP contribution in [0.25, 0.3) is 0 Å². The zero-order valence-corrected chi connectivity index (χ0v) is 36.3. The molecule has 3 amide bonds. The lowest BCUT2D eigenvalue weighted by Crippen LogP contribution is -2.73. The molecule has 0 bridgehead atoms. The van der Waals surface area contributed by atoms with E-state index in [2.05, 4.69) is 52.2 Å². The largest absolute Gasteiger partial charge is 0.525 e. The molecule has 0 aliphatic carbocycles. The van der Waals surface area contributed by atoms with Crippen LogP contribution in [0.4, 0.5) is 9.93 Å². The van der Waals surface area contributed by atoms with E-state index in [1.54, 1.807) is 58.5 Å². The average molecular weight is 860 g/mol. The molecule has 1 fully saturated rings.